The highest BCUT2D eigenvalue weighted by atomic mass is 79.9. The van der Waals surface area contributed by atoms with Crippen molar-refractivity contribution < 1.29 is 4.39 Å². The van der Waals surface area contributed by atoms with Gasteiger partial charge in [-0.2, -0.15) is 0 Å². The van der Waals surface area contributed by atoms with E-state index in [1.165, 1.54) is 12.1 Å². The average Bonchev–Trinajstić information content (AvgIpc) is 2.30. The topological polar surface area (TPSA) is 24.9 Å². The number of halogens is 3. The zero-order valence-corrected chi connectivity index (χ0v) is 11.1. The quantitative estimate of drug-likeness (QED) is 0.916. The van der Waals surface area contributed by atoms with Crippen LogP contribution in [0, 0.1) is 5.82 Å². The molecule has 0 aliphatic heterocycles. The van der Waals surface area contributed by atoms with Gasteiger partial charge in [0.1, 0.15) is 5.82 Å². The molecular weight excluding hydrogens is 307 g/mol. The fourth-order valence-electron chi connectivity index (χ4n) is 1.36. The van der Waals surface area contributed by atoms with E-state index in [0.29, 0.717) is 11.6 Å². The summed E-state index contributed by atoms with van der Waals surface area (Å²) in [6.45, 7) is 0.548. The maximum absolute atomic E-state index is 12.9. The van der Waals surface area contributed by atoms with Gasteiger partial charge in [0.05, 0.1) is 16.9 Å². The zero-order chi connectivity index (χ0) is 12.3. The maximum Gasteiger partial charge on any atom is 0.124 e. The van der Waals surface area contributed by atoms with Crippen LogP contribution in [0.15, 0.2) is 41.1 Å². The summed E-state index contributed by atoms with van der Waals surface area (Å²) in [5.41, 5.74) is 1.71. The second kappa shape index (κ2) is 5.47. The Balaban J connectivity index is 2.10. The molecule has 0 aliphatic carbocycles. The van der Waals surface area contributed by atoms with Crippen LogP contribution in [-0.4, -0.2) is 4.98 Å². The van der Waals surface area contributed by atoms with Crippen LogP contribution in [0.25, 0.3) is 0 Å². The molecule has 0 radical (unpaired) electrons. The van der Waals surface area contributed by atoms with E-state index < -0.39 is 0 Å². The zero-order valence-electron chi connectivity index (χ0n) is 8.75. The lowest BCUT2D eigenvalue weighted by molar-refractivity contribution is 0.626. The highest BCUT2D eigenvalue weighted by Gasteiger charge is 2.03. The van der Waals surface area contributed by atoms with Crippen molar-refractivity contribution in [1.29, 1.82) is 0 Å². The molecule has 0 amide bonds. The molecule has 2 aromatic rings. The van der Waals surface area contributed by atoms with Crippen molar-refractivity contribution in [3.8, 4) is 0 Å². The summed E-state index contributed by atoms with van der Waals surface area (Å²) in [6, 6.07) is 6.29. The number of benzene rings is 1. The highest BCUT2D eigenvalue weighted by molar-refractivity contribution is 9.10. The molecule has 1 aromatic carbocycles. The van der Waals surface area contributed by atoms with Gasteiger partial charge in [-0.1, -0.05) is 33.6 Å². The second-order valence-corrected chi connectivity index (χ2v) is 4.71. The van der Waals surface area contributed by atoms with Gasteiger partial charge in [0.2, 0.25) is 0 Å². The van der Waals surface area contributed by atoms with Gasteiger partial charge in [0.25, 0.3) is 0 Å². The van der Waals surface area contributed by atoms with Crippen LogP contribution < -0.4 is 5.32 Å². The first-order chi connectivity index (χ1) is 8.16. The van der Waals surface area contributed by atoms with Crippen LogP contribution >= 0.6 is 27.5 Å². The van der Waals surface area contributed by atoms with Gasteiger partial charge in [-0.15, -0.1) is 0 Å². The first-order valence-corrected chi connectivity index (χ1v) is 6.11. The maximum atomic E-state index is 12.9. The summed E-state index contributed by atoms with van der Waals surface area (Å²) in [6.07, 6.45) is 3.28. The Morgan fingerprint density at radius 2 is 2.18 bits per heavy atom. The smallest absolute Gasteiger partial charge is 0.124 e. The third kappa shape index (κ3) is 3.17. The molecule has 0 bridgehead atoms. The summed E-state index contributed by atoms with van der Waals surface area (Å²) in [4.78, 5) is 3.98. The van der Waals surface area contributed by atoms with Gasteiger partial charge < -0.3 is 5.32 Å². The third-order valence-corrected chi connectivity index (χ3v) is 3.32. The monoisotopic (exact) mass is 314 g/mol. The van der Waals surface area contributed by atoms with Crippen LogP contribution in [-0.2, 0) is 6.54 Å². The molecule has 1 heterocycles. The molecule has 5 heteroatoms. The molecule has 1 N–H and O–H groups in total. The fraction of sp³-hybridized carbons (Fsp3) is 0.0833. The van der Waals surface area contributed by atoms with Gasteiger partial charge in [-0.25, -0.2) is 4.39 Å². The van der Waals surface area contributed by atoms with Crippen molar-refractivity contribution in [3.05, 3.63) is 57.5 Å². The van der Waals surface area contributed by atoms with E-state index in [9.17, 15) is 4.39 Å². The lowest BCUT2D eigenvalue weighted by Gasteiger charge is -2.09. The van der Waals surface area contributed by atoms with Crippen molar-refractivity contribution in [2.45, 2.75) is 6.54 Å². The number of rotatable bonds is 3. The van der Waals surface area contributed by atoms with E-state index in [2.05, 4.69) is 26.2 Å². The predicted octanol–water partition coefficient (Wildman–Crippen LogP) is 4.25. The van der Waals surface area contributed by atoms with Gasteiger partial charge >= 0.3 is 0 Å². The molecule has 0 unspecified atom stereocenters. The number of nitrogens with zero attached hydrogens (tertiary/aromatic N) is 1. The second-order valence-electron chi connectivity index (χ2n) is 3.44. The number of hydrogen-bond donors (Lipinski definition) is 1. The Morgan fingerprint density at radius 3 is 2.88 bits per heavy atom. The van der Waals surface area contributed by atoms with Crippen molar-refractivity contribution in [3.63, 3.8) is 0 Å². The predicted molar refractivity (Wildman–Crippen MR) is 70.7 cm³/mol. The summed E-state index contributed by atoms with van der Waals surface area (Å²) in [7, 11) is 0. The van der Waals surface area contributed by atoms with Gasteiger partial charge in [-0.3, -0.25) is 4.98 Å². The number of nitrogens with one attached hydrogen (secondary N) is 1. The first-order valence-electron chi connectivity index (χ1n) is 4.94. The molecule has 0 spiro atoms. The minimum Gasteiger partial charge on any atom is -0.378 e. The van der Waals surface area contributed by atoms with Crippen LogP contribution in [0.5, 0.6) is 0 Å². The average molecular weight is 316 g/mol. The Bertz CT molecular complexity index is 534. The molecule has 88 valence electrons. The van der Waals surface area contributed by atoms with E-state index >= 15 is 0 Å². The minimum atomic E-state index is -0.264. The molecule has 0 fully saturated rings. The van der Waals surface area contributed by atoms with Crippen LogP contribution in [0.2, 0.25) is 5.02 Å². The van der Waals surface area contributed by atoms with Crippen LogP contribution in [0.3, 0.4) is 0 Å². The SMILES string of the molecule is Fc1ccc(CNc2cnccc2Cl)c(Br)c1. The van der Waals surface area contributed by atoms with Crippen LogP contribution in [0.1, 0.15) is 5.56 Å². The fourth-order valence-corrected chi connectivity index (χ4v) is 2.03. The number of aromatic nitrogens is 1. The summed E-state index contributed by atoms with van der Waals surface area (Å²) in [5.74, 6) is -0.264. The van der Waals surface area contributed by atoms with Crippen molar-refractivity contribution in [2.24, 2.45) is 0 Å². The molecule has 0 atom stereocenters. The van der Waals surface area contributed by atoms with Crippen LogP contribution in [0.4, 0.5) is 10.1 Å². The summed E-state index contributed by atoms with van der Waals surface area (Å²) >= 11 is 9.29. The van der Waals surface area contributed by atoms with Crippen molar-refractivity contribution >= 4 is 33.2 Å². The van der Waals surface area contributed by atoms with Crippen molar-refractivity contribution in [1.82, 2.24) is 4.98 Å². The van der Waals surface area contributed by atoms with E-state index in [1.807, 2.05) is 0 Å². The van der Waals surface area contributed by atoms with E-state index in [1.54, 1.807) is 24.5 Å². The van der Waals surface area contributed by atoms with Crippen molar-refractivity contribution in [2.75, 3.05) is 5.32 Å². The number of hydrogen-bond acceptors (Lipinski definition) is 2. The highest BCUT2D eigenvalue weighted by Crippen LogP contribution is 2.22. The standard InChI is InChI=1S/C12H9BrClFN2/c13-10-5-9(15)2-1-8(10)6-17-12-7-16-4-3-11(12)14/h1-5,7,17H,6H2. The largest absolute Gasteiger partial charge is 0.378 e. The molecule has 0 aliphatic rings. The van der Waals surface area contributed by atoms with Gasteiger partial charge in [0.15, 0.2) is 0 Å². The Kier molecular flexibility index (Phi) is 3.97. The van der Waals surface area contributed by atoms with E-state index in [0.717, 1.165) is 15.7 Å². The Morgan fingerprint density at radius 1 is 1.35 bits per heavy atom. The number of pyridine rings is 1. The summed E-state index contributed by atoms with van der Waals surface area (Å²) < 4.78 is 13.6. The Labute approximate surface area is 112 Å². The minimum absolute atomic E-state index is 0.264. The third-order valence-electron chi connectivity index (χ3n) is 2.25. The van der Waals surface area contributed by atoms with Gasteiger partial charge in [0, 0.05) is 17.2 Å². The van der Waals surface area contributed by atoms with E-state index in [4.69, 9.17) is 11.6 Å². The molecule has 17 heavy (non-hydrogen) atoms. The van der Waals surface area contributed by atoms with Gasteiger partial charge in [-0.05, 0) is 23.8 Å². The first kappa shape index (κ1) is 12.3. The summed E-state index contributed by atoms with van der Waals surface area (Å²) in [5, 5.41) is 3.75. The number of anilines is 1. The lowest BCUT2D eigenvalue weighted by atomic mass is 10.2. The lowest BCUT2D eigenvalue weighted by Crippen LogP contribution is -2.01. The molecule has 0 saturated heterocycles. The molecule has 0 saturated carbocycles. The molecule has 1 aromatic heterocycles. The van der Waals surface area contributed by atoms with E-state index in [-0.39, 0.29) is 5.82 Å². The molecule has 2 rings (SSSR count). The Hall–Kier alpha value is -1.13. The molecule has 2 nitrogen and oxygen atoms in total. The normalized spacial score (nSPS) is 10.3. The molecular formula is C12H9BrClFN2.